The molecule has 0 saturated heterocycles. The lowest BCUT2D eigenvalue weighted by Gasteiger charge is -2.19. The van der Waals surface area contributed by atoms with Gasteiger partial charge in [0.25, 0.3) is 0 Å². The summed E-state index contributed by atoms with van der Waals surface area (Å²) >= 11 is 11.0. The molecule has 20 heavy (non-hydrogen) atoms. The average Bonchev–Trinajstić information content (AvgIpc) is 2.69. The van der Waals surface area contributed by atoms with Gasteiger partial charge in [0.05, 0.1) is 10.6 Å². The van der Waals surface area contributed by atoms with E-state index in [9.17, 15) is 0 Å². The summed E-state index contributed by atoms with van der Waals surface area (Å²) in [6.45, 7) is 9.32. The summed E-state index contributed by atoms with van der Waals surface area (Å²) in [6, 6.07) is 3.97. The van der Waals surface area contributed by atoms with Crippen molar-refractivity contribution in [2.75, 3.05) is 11.9 Å². The van der Waals surface area contributed by atoms with Crippen LogP contribution in [-0.2, 0) is 5.41 Å². The zero-order chi connectivity index (χ0) is 14.9. The van der Waals surface area contributed by atoms with Crippen molar-refractivity contribution in [3.05, 3.63) is 26.6 Å². The predicted octanol–water partition coefficient (Wildman–Crippen LogP) is 5.35. The molecule has 6 heteroatoms. The first-order chi connectivity index (χ1) is 9.31. The van der Waals surface area contributed by atoms with Crippen LogP contribution in [0.5, 0.6) is 0 Å². The maximum atomic E-state index is 6.11. The van der Waals surface area contributed by atoms with Gasteiger partial charge in [-0.2, -0.15) is 0 Å². The van der Waals surface area contributed by atoms with Gasteiger partial charge < -0.3 is 5.32 Å². The minimum absolute atomic E-state index is 0.0276. The molecule has 2 aromatic rings. The Labute approximate surface area is 136 Å². The van der Waals surface area contributed by atoms with Gasteiger partial charge in [0.15, 0.2) is 5.82 Å². The Morgan fingerprint density at radius 3 is 2.50 bits per heavy atom. The van der Waals surface area contributed by atoms with Crippen LogP contribution in [0, 0.1) is 0 Å². The second-order valence-electron chi connectivity index (χ2n) is 5.47. The molecule has 108 valence electrons. The third-order valence-electron chi connectivity index (χ3n) is 2.72. The van der Waals surface area contributed by atoms with E-state index in [1.807, 2.05) is 12.1 Å². The highest BCUT2D eigenvalue weighted by molar-refractivity contribution is 9.10. The molecule has 3 nitrogen and oxygen atoms in total. The molecular formula is C14H17BrClN3S. The highest BCUT2D eigenvalue weighted by Gasteiger charge is 2.19. The van der Waals surface area contributed by atoms with Crippen LogP contribution in [0.2, 0.25) is 4.34 Å². The van der Waals surface area contributed by atoms with Crippen molar-refractivity contribution in [1.82, 2.24) is 9.97 Å². The zero-order valence-corrected chi connectivity index (χ0v) is 15.1. The predicted molar refractivity (Wildman–Crippen MR) is 90.9 cm³/mol. The highest BCUT2D eigenvalue weighted by atomic mass is 79.9. The monoisotopic (exact) mass is 373 g/mol. The van der Waals surface area contributed by atoms with E-state index >= 15 is 0 Å². The molecule has 0 aliphatic heterocycles. The minimum Gasteiger partial charge on any atom is -0.370 e. The molecule has 0 amide bonds. The molecule has 0 atom stereocenters. The Morgan fingerprint density at radius 2 is 2.00 bits per heavy atom. The van der Waals surface area contributed by atoms with E-state index in [-0.39, 0.29) is 5.41 Å². The van der Waals surface area contributed by atoms with Crippen LogP contribution in [0.4, 0.5) is 5.82 Å². The van der Waals surface area contributed by atoms with E-state index in [1.54, 1.807) is 0 Å². The Bertz CT molecular complexity index is 600. The van der Waals surface area contributed by atoms with Gasteiger partial charge in [-0.05, 0) is 28.9 Å². The van der Waals surface area contributed by atoms with Gasteiger partial charge in [-0.1, -0.05) is 32.4 Å². The Balaban J connectivity index is 2.54. The molecule has 0 fully saturated rings. The number of nitrogens with one attached hydrogen (secondary N) is 1. The third kappa shape index (κ3) is 3.51. The van der Waals surface area contributed by atoms with Crippen LogP contribution in [0.25, 0.3) is 10.7 Å². The molecule has 1 N–H and O–H groups in total. The maximum absolute atomic E-state index is 6.11. The van der Waals surface area contributed by atoms with Gasteiger partial charge in [-0.25, -0.2) is 9.97 Å². The number of nitrogens with zero attached hydrogens (tertiary/aromatic N) is 2. The number of hydrogen-bond acceptors (Lipinski definition) is 4. The first-order valence-electron chi connectivity index (χ1n) is 6.40. The lowest BCUT2D eigenvalue weighted by Crippen LogP contribution is -2.15. The first-order valence-corrected chi connectivity index (χ1v) is 8.38. The summed E-state index contributed by atoms with van der Waals surface area (Å²) in [5.74, 6) is 1.56. The molecule has 0 bridgehead atoms. The first kappa shape index (κ1) is 15.7. The Morgan fingerprint density at radius 1 is 1.30 bits per heavy atom. The molecule has 0 aromatic carbocycles. The Kier molecular flexibility index (Phi) is 4.72. The van der Waals surface area contributed by atoms with Crippen LogP contribution in [0.1, 0.15) is 33.4 Å². The van der Waals surface area contributed by atoms with E-state index in [2.05, 4.69) is 53.9 Å². The normalized spacial score (nSPS) is 11.7. The van der Waals surface area contributed by atoms with Gasteiger partial charge in [-0.3, -0.25) is 0 Å². The number of anilines is 1. The van der Waals surface area contributed by atoms with E-state index in [4.69, 9.17) is 16.6 Å². The van der Waals surface area contributed by atoms with Crippen LogP contribution in [0.3, 0.4) is 0 Å². The molecule has 0 unspecified atom stereocenters. The van der Waals surface area contributed by atoms with Gasteiger partial charge in [-0.15, -0.1) is 11.3 Å². The molecule has 0 saturated carbocycles. The topological polar surface area (TPSA) is 37.8 Å². The van der Waals surface area contributed by atoms with Gasteiger partial charge in [0, 0.05) is 22.5 Å². The van der Waals surface area contributed by atoms with Crippen molar-refractivity contribution in [2.45, 2.75) is 33.1 Å². The van der Waals surface area contributed by atoms with Gasteiger partial charge >= 0.3 is 0 Å². The Hall–Kier alpha value is -0.650. The summed E-state index contributed by atoms with van der Waals surface area (Å²) in [7, 11) is 0. The molecule has 0 radical (unpaired) electrons. The van der Waals surface area contributed by atoms with E-state index < -0.39 is 0 Å². The zero-order valence-electron chi connectivity index (χ0n) is 11.9. The van der Waals surface area contributed by atoms with Crippen LogP contribution < -0.4 is 5.32 Å². The van der Waals surface area contributed by atoms with Crippen molar-refractivity contribution < 1.29 is 0 Å². The summed E-state index contributed by atoms with van der Waals surface area (Å²) in [4.78, 5) is 10.2. The van der Waals surface area contributed by atoms with Crippen molar-refractivity contribution in [1.29, 1.82) is 0 Å². The lowest BCUT2D eigenvalue weighted by atomic mass is 9.92. The van der Waals surface area contributed by atoms with Crippen LogP contribution in [-0.4, -0.2) is 16.5 Å². The molecule has 0 aliphatic rings. The fourth-order valence-electron chi connectivity index (χ4n) is 1.67. The second-order valence-corrected chi connectivity index (χ2v) is 7.98. The lowest BCUT2D eigenvalue weighted by molar-refractivity contribution is 0.568. The molecule has 2 aromatic heterocycles. The molecule has 0 spiro atoms. The van der Waals surface area contributed by atoms with Crippen LogP contribution >= 0.6 is 38.9 Å². The number of halogens is 2. The summed E-state index contributed by atoms with van der Waals surface area (Å²) in [6.07, 6.45) is 0. The molecular weight excluding hydrogens is 358 g/mol. The van der Waals surface area contributed by atoms with Crippen molar-refractivity contribution in [3.63, 3.8) is 0 Å². The number of aromatic nitrogens is 2. The third-order valence-corrected chi connectivity index (χ3v) is 5.19. The number of rotatable bonds is 3. The fourth-order valence-corrected chi connectivity index (χ4v) is 3.31. The van der Waals surface area contributed by atoms with Crippen molar-refractivity contribution >= 4 is 44.7 Å². The maximum Gasteiger partial charge on any atom is 0.171 e. The van der Waals surface area contributed by atoms with Crippen molar-refractivity contribution in [3.8, 4) is 10.7 Å². The van der Waals surface area contributed by atoms with Gasteiger partial charge in [0.1, 0.15) is 10.2 Å². The standard InChI is InChI=1S/C14H17BrClN3S/c1-5-17-11-7-10(14(2,3)4)18-13(19-11)9-6-8(15)12(16)20-9/h6-7H,5H2,1-4H3,(H,17,18,19). The fraction of sp³-hybridized carbons (Fsp3) is 0.429. The second kappa shape index (κ2) is 6.00. The smallest absolute Gasteiger partial charge is 0.171 e. The molecule has 2 heterocycles. The van der Waals surface area contributed by atoms with Gasteiger partial charge in [0.2, 0.25) is 0 Å². The molecule has 0 aliphatic carbocycles. The summed E-state index contributed by atoms with van der Waals surface area (Å²) in [5, 5.41) is 3.26. The van der Waals surface area contributed by atoms with E-state index in [0.29, 0.717) is 5.82 Å². The minimum atomic E-state index is -0.0276. The quantitative estimate of drug-likeness (QED) is 0.787. The van der Waals surface area contributed by atoms with E-state index in [0.717, 1.165) is 31.7 Å². The molecule has 2 rings (SSSR count). The van der Waals surface area contributed by atoms with Crippen molar-refractivity contribution in [2.24, 2.45) is 0 Å². The summed E-state index contributed by atoms with van der Waals surface area (Å²) < 4.78 is 1.60. The number of thiophene rings is 1. The average molecular weight is 375 g/mol. The SMILES string of the molecule is CCNc1cc(C(C)(C)C)nc(-c2cc(Br)c(Cl)s2)n1. The van der Waals surface area contributed by atoms with Crippen LogP contribution in [0.15, 0.2) is 16.6 Å². The van der Waals surface area contributed by atoms with E-state index in [1.165, 1.54) is 11.3 Å². The highest BCUT2D eigenvalue weighted by Crippen LogP contribution is 2.37. The summed E-state index contributed by atoms with van der Waals surface area (Å²) in [5.41, 5.74) is 0.985. The largest absolute Gasteiger partial charge is 0.370 e. The number of hydrogen-bond donors (Lipinski definition) is 1.